The lowest BCUT2D eigenvalue weighted by Crippen LogP contribution is -2.47. The Bertz CT molecular complexity index is 279. The van der Waals surface area contributed by atoms with Crippen molar-refractivity contribution in [1.82, 2.24) is 14.7 Å². The van der Waals surface area contributed by atoms with E-state index in [4.69, 9.17) is 0 Å². The largest absolute Gasteiger partial charge is 0.340 e. The van der Waals surface area contributed by atoms with Crippen LogP contribution in [0.2, 0.25) is 0 Å². The maximum absolute atomic E-state index is 12.1. The predicted molar refractivity (Wildman–Crippen MR) is 77.1 cm³/mol. The minimum Gasteiger partial charge on any atom is -0.340 e. The van der Waals surface area contributed by atoms with Gasteiger partial charge in [0.25, 0.3) is 0 Å². The van der Waals surface area contributed by atoms with Crippen molar-refractivity contribution < 1.29 is 4.79 Å². The standard InChI is InChI=1S/C13H25N3OS/c1-14-7-9-16(10-8-14)13(17)4-6-15-5-3-12(11-15)18-2/h12H,3-11H2,1-2H3. The third kappa shape index (κ3) is 3.87. The van der Waals surface area contributed by atoms with Crippen LogP contribution in [0.15, 0.2) is 0 Å². The van der Waals surface area contributed by atoms with Crippen LogP contribution in [-0.2, 0) is 4.79 Å². The lowest BCUT2D eigenvalue weighted by molar-refractivity contribution is -0.133. The summed E-state index contributed by atoms with van der Waals surface area (Å²) in [5, 5.41) is 0.781. The molecule has 0 N–H and O–H groups in total. The van der Waals surface area contributed by atoms with Crippen LogP contribution in [0.3, 0.4) is 0 Å². The van der Waals surface area contributed by atoms with Crippen LogP contribution in [0.25, 0.3) is 0 Å². The number of amides is 1. The maximum Gasteiger partial charge on any atom is 0.223 e. The lowest BCUT2D eigenvalue weighted by atomic mass is 10.3. The van der Waals surface area contributed by atoms with Gasteiger partial charge in [-0.1, -0.05) is 0 Å². The van der Waals surface area contributed by atoms with Crippen molar-refractivity contribution in [3.05, 3.63) is 0 Å². The highest BCUT2D eigenvalue weighted by atomic mass is 32.2. The summed E-state index contributed by atoms with van der Waals surface area (Å²) in [6.07, 6.45) is 4.16. The highest BCUT2D eigenvalue weighted by Gasteiger charge is 2.23. The number of thioether (sulfide) groups is 1. The Morgan fingerprint density at radius 2 is 1.94 bits per heavy atom. The molecule has 0 aliphatic carbocycles. The smallest absolute Gasteiger partial charge is 0.223 e. The molecule has 2 rings (SSSR count). The zero-order chi connectivity index (χ0) is 13.0. The number of nitrogens with zero attached hydrogens (tertiary/aromatic N) is 3. The number of carbonyl (C=O) groups is 1. The van der Waals surface area contributed by atoms with Crippen molar-refractivity contribution >= 4 is 17.7 Å². The van der Waals surface area contributed by atoms with Gasteiger partial charge in [-0.3, -0.25) is 4.79 Å². The van der Waals surface area contributed by atoms with Gasteiger partial charge in [-0.25, -0.2) is 0 Å². The van der Waals surface area contributed by atoms with Gasteiger partial charge < -0.3 is 14.7 Å². The molecule has 104 valence electrons. The average Bonchev–Trinajstić information content (AvgIpc) is 2.85. The van der Waals surface area contributed by atoms with Gasteiger partial charge in [0.15, 0.2) is 0 Å². The van der Waals surface area contributed by atoms with Crippen molar-refractivity contribution in [2.24, 2.45) is 0 Å². The van der Waals surface area contributed by atoms with Crippen molar-refractivity contribution in [1.29, 1.82) is 0 Å². The number of piperazine rings is 1. The number of carbonyl (C=O) groups excluding carboxylic acids is 1. The molecule has 1 amide bonds. The summed E-state index contributed by atoms with van der Waals surface area (Å²) in [6.45, 7) is 7.13. The molecule has 1 unspecified atom stereocenters. The molecule has 0 bridgehead atoms. The predicted octanol–water partition coefficient (Wildman–Crippen LogP) is 0.588. The molecule has 18 heavy (non-hydrogen) atoms. The number of hydrogen-bond donors (Lipinski definition) is 0. The van der Waals surface area contributed by atoms with E-state index in [1.807, 2.05) is 16.7 Å². The van der Waals surface area contributed by atoms with Gasteiger partial charge in [0.2, 0.25) is 5.91 Å². The van der Waals surface area contributed by atoms with E-state index in [9.17, 15) is 4.79 Å². The molecular weight excluding hydrogens is 246 g/mol. The summed E-state index contributed by atoms with van der Waals surface area (Å²) in [4.78, 5) is 18.8. The molecule has 0 spiro atoms. The van der Waals surface area contributed by atoms with Crippen LogP contribution in [0.1, 0.15) is 12.8 Å². The zero-order valence-electron chi connectivity index (χ0n) is 11.6. The monoisotopic (exact) mass is 271 g/mol. The number of likely N-dealkylation sites (tertiary alicyclic amines) is 1. The first-order valence-corrected chi connectivity index (χ1v) is 8.19. The Hall–Kier alpha value is -0.260. The Balaban J connectivity index is 1.66. The molecule has 0 aromatic rings. The fourth-order valence-electron chi connectivity index (χ4n) is 2.66. The van der Waals surface area contributed by atoms with Gasteiger partial charge in [-0.2, -0.15) is 11.8 Å². The molecule has 0 radical (unpaired) electrons. The van der Waals surface area contributed by atoms with Gasteiger partial charge in [0.05, 0.1) is 0 Å². The van der Waals surface area contributed by atoms with E-state index < -0.39 is 0 Å². The Labute approximate surface area is 115 Å². The van der Waals surface area contributed by atoms with E-state index in [-0.39, 0.29) is 0 Å². The highest BCUT2D eigenvalue weighted by Crippen LogP contribution is 2.20. The van der Waals surface area contributed by atoms with Gasteiger partial charge in [-0.05, 0) is 26.3 Å². The van der Waals surface area contributed by atoms with Gasteiger partial charge >= 0.3 is 0 Å². The molecule has 0 aromatic heterocycles. The van der Waals surface area contributed by atoms with Crippen LogP contribution in [0.5, 0.6) is 0 Å². The molecule has 4 nitrogen and oxygen atoms in total. The van der Waals surface area contributed by atoms with Gasteiger partial charge in [0, 0.05) is 50.9 Å². The second-order valence-corrected chi connectivity index (χ2v) is 6.52. The number of likely N-dealkylation sites (N-methyl/N-ethyl adjacent to an activating group) is 1. The molecule has 5 heteroatoms. The minimum absolute atomic E-state index is 0.343. The summed E-state index contributed by atoms with van der Waals surface area (Å²) in [6, 6.07) is 0. The van der Waals surface area contributed by atoms with Crippen molar-refractivity contribution in [3.63, 3.8) is 0 Å². The average molecular weight is 271 g/mol. The first kappa shape index (κ1) is 14.2. The van der Waals surface area contributed by atoms with E-state index in [1.165, 1.54) is 13.0 Å². The van der Waals surface area contributed by atoms with Crippen molar-refractivity contribution in [2.75, 3.05) is 59.1 Å². The molecule has 2 saturated heterocycles. The van der Waals surface area contributed by atoms with Crippen molar-refractivity contribution in [3.8, 4) is 0 Å². The molecule has 0 aromatic carbocycles. The molecule has 2 fully saturated rings. The fourth-order valence-corrected chi connectivity index (χ4v) is 3.36. The van der Waals surface area contributed by atoms with Crippen LogP contribution in [-0.4, -0.2) is 85.0 Å². The SMILES string of the molecule is CSC1CCN(CCC(=O)N2CCN(C)CC2)C1. The molecular formula is C13H25N3OS. The Morgan fingerprint density at radius 3 is 2.56 bits per heavy atom. The second-order valence-electron chi connectivity index (χ2n) is 5.38. The molecule has 0 saturated carbocycles. The fraction of sp³-hybridized carbons (Fsp3) is 0.923. The number of rotatable bonds is 4. The van der Waals surface area contributed by atoms with E-state index in [0.717, 1.165) is 44.5 Å². The molecule has 2 aliphatic rings. The lowest BCUT2D eigenvalue weighted by Gasteiger charge is -2.32. The van der Waals surface area contributed by atoms with Crippen molar-refractivity contribution in [2.45, 2.75) is 18.1 Å². The quantitative estimate of drug-likeness (QED) is 0.748. The Kier molecular flexibility index (Phi) is 5.33. The summed E-state index contributed by atoms with van der Waals surface area (Å²) in [5.41, 5.74) is 0. The normalized spacial score (nSPS) is 26.8. The first-order valence-electron chi connectivity index (χ1n) is 6.90. The minimum atomic E-state index is 0.343. The first-order chi connectivity index (χ1) is 8.69. The molecule has 2 heterocycles. The summed E-state index contributed by atoms with van der Waals surface area (Å²) in [5.74, 6) is 0.343. The number of hydrogen-bond acceptors (Lipinski definition) is 4. The van der Waals surface area contributed by atoms with Gasteiger partial charge in [-0.15, -0.1) is 0 Å². The van der Waals surface area contributed by atoms with E-state index in [0.29, 0.717) is 12.3 Å². The third-order valence-corrected chi connectivity index (χ3v) is 5.11. The third-order valence-electron chi connectivity index (χ3n) is 4.06. The van der Waals surface area contributed by atoms with Crippen LogP contribution in [0, 0.1) is 0 Å². The van der Waals surface area contributed by atoms with E-state index in [2.05, 4.69) is 23.1 Å². The van der Waals surface area contributed by atoms with Crippen LogP contribution >= 0.6 is 11.8 Å². The second kappa shape index (κ2) is 6.78. The van der Waals surface area contributed by atoms with Crippen LogP contribution in [0.4, 0.5) is 0 Å². The summed E-state index contributed by atoms with van der Waals surface area (Å²) < 4.78 is 0. The highest BCUT2D eigenvalue weighted by molar-refractivity contribution is 7.99. The topological polar surface area (TPSA) is 26.8 Å². The zero-order valence-corrected chi connectivity index (χ0v) is 12.4. The summed E-state index contributed by atoms with van der Waals surface area (Å²) in [7, 11) is 2.12. The Morgan fingerprint density at radius 1 is 1.22 bits per heavy atom. The van der Waals surface area contributed by atoms with E-state index >= 15 is 0 Å². The molecule has 1 atom stereocenters. The van der Waals surface area contributed by atoms with Gasteiger partial charge in [0.1, 0.15) is 0 Å². The summed E-state index contributed by atoms with van der Waals surface area (Å²) >= 11 is 1.96. The van der Waals surface area contributed by atoms with Crippen LogP contribution < -0.4 is 0 Å². The maximum atomic E-state index is 12.1. The van der Waals surface area contributed by atoms with E-state index in [1.54, 1.807) is 0 Å². The molecule has 2 aliphatic heterocycles.